The summed E-state index contributed by atoms with van der Waals surface area (Å²) in [5.41, 5.74) is 2.93. The van der Waals surface area contributed by atoms with Crippen molar-refractivity contribution in [2.24, 2.45) is 7.05 Å². The molecule has 0 fully saturated rings. The molecular weight excluding hydrogens is 370 g/mol. The molecule has 0 aromatic carbocycles. The number of carbonyl (C=O) groups excluding carboxylic acids is 1. The van der Waals surface area contributed by atoms with E-state index >= 15 is 0 Å². The fourth-order valence-electron chi connectivity index (χ4n) is 2.90. The van der Waals surface area contributed by atoms with Crippen molar-refractivity contribution in [2.45, 2.75) is 32.8 Å². The van der Waals surface area contributed by atoms with Crippen LogP contribution < -0.4 is 0 Å². The summed E-state index contributed by atoms with van der Waals surface area (Å²) in [6, 6.07) is 2.10. The molecule has 2 aromatic heterocycles. The molecule has 0 N–H and O–H groups in total. The smallest absolute Gasteiger partial charge is 0.410 e. The number of amides is 1. The quantitative estimate of drug-likeness (QED) is 0.725. The Labute approximate surface area is 150 Å². The lowest BCUT2D eigenvalue weighted by molar-refractivity contribution is 0.0270. The molecule has 0 aliphatic carbocycles. The first-order valence-corrected chi connectivity index (χ1v) is 8.82. The van der Waals surface area contributed by atoms with E-state index in [0.29, 0.717) is 13.1 Å². The number of aromatic nitrogens is 2. The maximum Gasteiger partial charge on any atom is 0.410 e. The number of hydrogen-bond donors (Lipinski definition) is 0. The topological polar surface area (TPSA) is 47.4 Å². The molecule has 3 rings (SSSR count). The Kier molecular flexibility index (Phi) is 4.42. The molecule has 6 heteroatoms. The van der Waals surface area contributed by atoms with E-state index in [9.17, 15) is 4.79 Å². The minimum atomic E-state index is -0.464. The van der Waals surface area contributed by atoms with Crippen LogP contribution in [0, 0.1) is 0 Å². The first-order chi connectivity index (χ1) is 11.2. The average Bonchev–Trinajstić information content (AvgIpc) is 2.82. The molecule has 1 amide bonds. The molecule has 1 aliphatic rings. The predicted molar refractivity (Wildman–Crippen MR) is 98.8 cm³/mol. The van der Waals surface area contributed by atoms with Crippen molar-refractivity contribution >= 4 is 38.6 Å². The van der Waals surface area contributed by atoms with Crippen LogP contribution in [0.15, 0.2) is 29.0 Å². The summed E-state index contributed by atoms with van der Waals surface area (Å²) in [7, 11) is 2.00. The SMILES string of the molecule is Cn1cc(C2=CCN(C(=O)OC(C)(C)C)CC2)c2cc(Br)cnc21. The van der Waals surface area contributed by atoms with Crippen molar-refractivity contribution < 1.29 is 9.53 Å². The first-order valence-electron chi connectivity index (χ1n) is 8.02. The highest BCUT2D eigenvalue weighted by atomic mass is 79.9. The number of ether oxygens (including phenoxy) is 1. The Morgan fingerprint density at radius 3 is 2.75 bits per heavy atom. The summed E-state index contributed by atoms with van der Waals surface area (Å²) < 4.78 is 8.45. The molecular formula is C18H22BrN3O2. The van der Waals surface area contributed by atoms with Gasteiger partial charge in [0.1, 0.15) is 11.2 Å². The molecule has 3 heterocycles. The van der Waals surface area contributed by atoms with Gasteiger partial charge in [0.2, 0.25) is 0 Å². The summed E-state index contributed by atoms with van der Waals surface area (Å²) in [5.74, 6) is 0. The zero-order valence-electron chi connectivity index (χ0n) is 14.5. The largest absolute Gasteiger partial charge is 0.444 e. The van der Waals surface area contributed by atoms with Crippen LogP contribution in [0.2, 0.25) is 0 Å². The molecule has 2 aromatic rings. The van der Waals surface area contributed by atoms with E-state index < -0.39 is 5.60 Å². The Hall–Kier alpha value is -1.82. The molecule has 128 valence electrons. The van der Waals surface area contributed by atoms with Crippen LogP contribution in [0.1, 0.15) is 32.8 Å². The van der Waals surface area contributed by atoms with Crippen LogP contribution in [0.25, 0.3) is 16.6 Å². The zero-order valence-corrected chi connectivity index (χ0v) is 16.1. The lowest BCUT2D eigenvalue weighted by Gasteiger charge is -2.29. The second-order valence-electron chi connectivity index (χ2n) is 7.08. The average molecular weight is 392 g/mol. The Balaban J connectivity index is 1.83. The highest BCUT2D eigenvalue weighted by molar-refractivity contribution is 9.10. The third kappa shape index (κ3) is 3.48. The lowest BCUT2D eigenvalue weighted by Crippen LogP contribution is -2.39. The number of fused-ring (bicyclic) bond motifs is 1. The highest BCUT2D eigenvalue weighted by Gasteiger charge is 2.24. The summed E-state index contributed by atoms with van der Waals surface area (Å²) in [6.45, 7) is 6.89. The fraction of sp³-hybridized carbons (Fsp3) is 0.444. The summed E-state index contributed by atoms with van der Waals surface area (Å²) in [4.78, 5) is 18.4. The van der Waals surface area contributed by atoms with E-state index in [2.05, 4.69) is 39.3 Å². The fourth-order valence-corrected chi connectivity index (χ4v) is 3.23. The van der Waals surface area contributed by atoms with Gasteiger partial charge in [0.25, 0.3) is 0 Å². The lowest BCUT2D eigenvalue weighted by atomic mass is 10.00. The molecule has 0 saturated carbocycles. The maximum absolute atomic E-state index is 12.2. The molecule has 0 atom stereocenters. The van der Waals surface area contributed by atoms with Gasteiger partial charge in [-0.25, -0.2) is 9.78 Å². The number of carbonyl (C=O) groups is 1. The first kappa shape index (κ1) is 17.0. The van der Waals surface area contributed by atoms with Crippen LogP contribution in [-0.2, 0) is 11.8 Å². The molecule has 1 aliphatic heterocycles. The van der Waals surface area contributed by atoms with Crippen molar-refractivity contribution in [3.8, 4) is 0 Å². The van der Waals surface area contributed by atoms with Crippen molar-refractivity contribution in [2.75, 3.05) is 13.1 Å². The van der Waals surface area contributed by atoms with Gasteiger partial charge in [-0.05, 0) is 54.8 Å². The Morgan fingerprint density at radius 2 is 2.12 bits per heavy atom. The van der Waals surface area contributed by atoms with E-state index in [-0.39, 0.29) is 6.09 Å². The third-order valence-corrected chi connectivity index (χ3v) is 4.42. The molecule has 0 radical (unpaired) electrons. The second-order valence-corrected chi connectivity index (χ2v) is 8.00. The zero-order chi connectivity index (χ0) is 17.5. The van der Waals surface area contributed by atoms with Crippen LogP contribution in [0.4, 0.5) is 4.79 Å². The van der Waals surface area contributed by atoms with Gasteiger partial charge in [0.05, 0.1) is 0 Å². The molecule has 0 bridgehead atoms. The third-order valence-electron chi connectivity index (χ3n) is 3.99. The van der Waals surface area contributed by atoms with Crippen molar-refractivity contribution in [3.63, 3.8) is 0 Å². The van der Waals surface area contributed by atoms with Gasteiger partial charge in [-0.2, -0.15) is 0 Å². The van der Waals surface area contributed by atoms with Gasteiger partial charge in [0, 0.05) is 48.0 Å². The van der Waals surface area contributed by atoms with Gasteiger partial charge < -0.3 is 14.2 Å². The van der Waals surface area contributed by atoms with Crippen molar-refractivity contribution in [3.05, 3.63) is 34.6 Å². The van der Waals surface area contributed by atoms with Gasteiger partial charge in [-0.15, -0.1) is 0 Å². The second kappa shape index (κ2) is 6.24. The normalized spacial score (nSPS) is 15.5. The van der Waals surface area contributed by atoms with Crippen molar-refractivity contribution in [1.29, 1.82) is 0 Å². The standard InChI is InChI=1S/C18H22BrN3O2/c1-18(2,3)24-17(23)22-7-5-12(6-8-22)15-11-21(4)16-14(15)9-13(19)10-20-16/h5,9-11H,6-8H2,1-4H3. The van der Waals surface area contributed by atoms with E-state index in [4.69, 9.17) is 4.74 Å². The predicted octanol–water partition coefficient (Wildman–Crippen LogP) is 4.36. The molecule has 24 heavy (non-hydrogen) atoms. The van der Waals surface area contributed by atoms with E-state index in [1.165, 1.54) is 11.1 Å². The summed E-state index contributed by atoms with van der Waals surface area (Å²) in [5, 5.41) is 1.13. The van der Waals surface area contributed by atoms with Gasteiger partial charge in [-0.3, -0.25) is 0 Å². The minimum absolute atomic E-state index is 0.250. The van der Waals surface area contributed by atoms with E-state index in [0.717, 1.165) is 21.9 Å². The maximum atomic E-state index is 12.2. The minimum Gasteiger partial charge on any atom is -0.444 e. The summed E-state index contributed by atoms with van der Waals surface area (Å²) >= 11 is 3.50. The molecule has 0 saturated heterocycles. The molecule has 0 unspecified atom stereocenters. The number of hydrogen-bond acceptors (Lipinski definition) is 3. The van der Waals surface area contributed by atoms with E-state index in [1.807, 2.05) is 38.6 Å². The number of aryl methyl sites for hydroxylation is 1. The number of halogens is 1. The van der Waals surface area contributed by atoms with E-state index in [1.54, 1.807) is 4.90 Å². The van der Waals surface area contributed by atoms with Crippen LogP contribution in [0.5, 0.6) is 0 Å². The van der Waals surface area contributed by atoms with Crippen molar-refractivity contribution in [1.82, 2.24) is 14.5 Å². The van der Waals surface area contributed by atoms with Gasteiger partial charge in [-0.1, -0.05) is 6.08 Å². The van der Waals surface area contributed by atoms with Gasteiger partial charge in [0.15, 0.2) is 0 Å². The van der Waals surface area contributed by atoms with Gasteiger partial charge >= 0.3 is 6.09 Å². The van der Waals surface area contributed by atoms with Crippen LogP contribution in [-0.4, -0.2) is 39.2 Å². The number of nitrogens with zero attached hydrogens (tertiary/aromatic N) is 3. The Morgan fingerprint density at radius 1 is 1.38 bits per heavy atom. The van der Waals surface area contributed by atoms with Crippen LogP contribution >= 0.6 is 15.9 Å². The number of rotatable bonds is 1. The summed E-state index contributed by atoms with van der Waals surface area (Å²) in [6.07, 6.45) is 6.60. The molecule has 0 spiro atoms. The monoisotopic (exact) mass is 391 g/mol. The number of pyridine rings is 1. The highest BCUT2D eigenvalue weighted by Crippen LogP contribution is 2.31. The molecule has 5 nitrogen and oxygen atoms in total. The Bertz CT molecular complexity index is 818. The van der Waals surface area contributed by atoms with Crippen LogP contribution in [0.3, 0.4) is 0 Å².